The molecule has 0 saturated heterocycles. The number of hydrogen-bond donors (Lipinski definition) is 1. The van der Waals surface area contributed by atoms with Crippen molar-refractivity contribution in [1.82, 2.24) is 0 Å². The zero-order valence-electron chi connectivity index (χ0n) is 15.0. The highest BCUT2D eigenvalue weighted by molar-refractivity contribution is 5.97. The number of anilines is 1. The third-order valence-electron chi connectivity index (χ3n) is 3.58. The number of rotatable bonds is 7. The monoisotopic (exact) mass is 388 g/mol. The molecule has 2 aromatic rings. The Balaban J connectivity index is 1.99. The first kappa shape index (κ1) is 20.6. The summed E-state index contributed by atoms with van der Waals surface area (Å²) in [4.78, 5) is 34.2. The van der Waals surface area contributed by atoms with Crippen LogP contribution >= 0.6 is 0 Å². The van der Waals surface area contributed by atoms with Gasteiger partial charge >= 0.3 is 5.97 Å². The van der Waals surface area contributed by atoms with Gasteiger partial charge in [-0.2, -0.15) is 0 Å². The van der Waals surface area contributed by atoms with E-state index in [1.54, 1.807) is 6.07 Å². The van der Waals surface area contributed by atoms with Crippen LogP contribution in [0.3, 0.4) is 0 Å². The summed E-state index contributed by atoms with van der Waals surface area (Å²) in [6.45, 7) is 1.36. The first-order valence-electron chi connectivity index (χ1n) is 8.07. The molecule has 0 spiro atoms. The largest absolute Gasteiger partial charge is 0.494 e. The lowest BCUT2D eigenvalue weighted by molar-refractivity contribution is -0.384. The van der Waals surface area contributed by atoms with Crippen LogP contribution in [0.15, 0.2) is 48.5 Å². The molecular formula is C19H17FN2O6. The van der Waals surface area contributed by atoms with Crippen LogP contribution in [0.25, 0.3) is 6.08 Å². The maximum atomic E-state index is 13.1. The van der Waals surface area contributed by atoms with Gasteiger partial charge in [-0.3, -0.25) is 14.9 Å². The van der Waals surface area contributed by atoms with Crippen molar-refractivity contribution in [2.45, 2.75) is 13.0 Å². The Labute approximate surface area is 159 Å². The smallest absolute Gasteiger partial charge is 0.331 e. The number of nitrogens with one attached hydrogen (secondary N) is 1. The molecule has 2 aromatic carbocycles. The molecule has 1 N–H and O–H groups in total. The summed E-state index contributed by atoms with van der Waals surface area (Å²) < 4.78 is 23.1. The summed E-state index contributed by atoms with van der Waals surface area (Å²) in [5, 5.41) is 13.3. The molecule has 0 bridgehead atoms. The lowest BCUT2D eigenvalue weighted by Gasteiger charge is -2.14. The fraction of sp³-hybridized carbons (Fsp3) is 0.158. The normalized spacial score (nSPS) is 11.7. The molecule has 0 heterocycles. The maximum Gasteiger partial charge on any atom is 0.331 e. The second-order valence-electron chi connectivity index (χ2n) is 5.60. The second kappa shape index (κ2) is 9.26. The molecule has 8 nitrogen and oxygen atoms in total. The summed E-state index contributed by atoms with van der Waals surface area (Å²) in [6, 6.07) is 9.28. The Bertz CT molecular complexity index is 928. The predicted octanol–water partition coefficient (Wildman–Crippen LogP) is 3.33. The molecule has 146 valence electrons. The molecule has 0 radical (unpaired) electrons. The van der Waals surface area contributed by atoms with E-state index in [0.717, 1.165) is 12.1 Å². The number of ether oxygens (including phenoxy) is 2. The van der Waals surface area contributed by atoms with E-state index in [4.69, 9.17) is 9.47 Å². The SMILES string of the molecule is COc1cc([N+](=O)[O-])ccc1NC(=O)[C@@H](C)OC(=O)/C=C/c1cccc(F)c1. The Morgan fingerprint density at radius 1 is 1.25 bits per heavy atom. The quantitative estimate of drug-likeness (QED) is 0.337. The van der Waals surface area contributed by atoms with E-state index in [9.17, 15) is 24.1 Å². The van der Waals surface area contributed by atoms with Crippen LogP contribution in [-0.4, -0.2) is 30.0 Å². The van der Waals surface area contributed by atoms with Crippen molar-refractivity contribution in [2.24, 2.45) is 0 Å². The summed E-state index contributed by atoms with van der Waals surface area (Å²) in [7, 11) is 1.30. The van der Waals surface area contributed by atoms with E-state index >= 15 is 0 Å². The Morgan fingerprint density at radius 3 is 2.64 bits per heavy atom. The molecule has 1 atom stereocenters. The summed E-state index contributed by atoms with van der Waals surface area (Å²) in [5.74, 6) is -1.80. The minimum Gasteiger partial charge on any atom is -0.494 e. The number of non-ortho nitro benzene ring substituents is 1. The highest BCUT2D eigenvalue weighted by Gasteiger charge is 2.19. The highest BCUT2D eigenvalue weighted by Crippen LogP contribution is 2.29. The number of nitrogens with zero attached hydrogens (tertiary/aromatic N) is 1. The molecule has 0 aromatic heterocycles. The first-order chi connectivity index (χ1) is 13.3. The van der Waals surface area contributed by atoms with Gasteiger partial charge in [0, 0.05) is 12.1 Å². The maximum absolute atomic E-state index is 13.1. The fourth-order valence-corrected chi connectivity index (χ4v) is 2.17. The summed E-state index contributed by atoms with van der Waals surface area (Å²) in [5.41, 5.74) is 0.456. The van der Waals surface area contributed by atoms with Crippen LogP contribution in [0.4, 0.5) is 15.8 Å². The van der Waals surface area contributed by atoms with Crippen molar-refractivity contribution in [3.8, 4) is 5.75 Å². The summed E-state index contributed by atoms with van der Waals surface area (Å²) in [6.07, 6.45) is 1.28. The lowest BCUT2D eigenvalue weighted by atomic mass is 10.2. The number of esters is 1. The molecule has 28 heavy (non-hydrogen) atoms. The fourth-order valence-electron chi connectivity index (χ4n) is 2.17. The molecule has 0 unspecified atom stereocenters. The van der Waals surface area contributed by atoms with Crippen LogP contribution in [0.2, 0.25) is 0 Å². The number of nitro groups is 1. The van der Waals surface area contributed by atoms with Crippen molar-refractivity contribution in [2.75, 3.05) is 12.4 Å². The van der Waals surface area contributed by atoms with Gasteiger partial charge in [0.2, 0.25) is 0 Å². The number of benzene rings is 2. The van der Waals surface area contributed by atoms with Gasteiger partial charge in [0.1, 0.15) is 11.6 Å². The first-order valence-corrected chi connectivity index (χ1v) is 8.07. The number of amides is 1. The van der Waals surface area contributed by atoms with Crippen LogP contribution in [-0.2, 0) is 14.3 Å². The Hall–Kier alpha value is -3.75. The van der Waals surface area contributed by atoms with Crippen LogP contribution < -0.4 is 10.1 Å². The average Bonchev–Trinajstić information content (AvgIpc) is 2.66. The number of methoxy groups -OCH3 is 1. The standard InChI is InChI=1S/C19H17FN2O6/c1-12(28-18(23)9-6-13-4-3-5-14(20)10-13)19(24)21-16-8-7-15(22(25)26)11-17(16)27-2/h3-12H,1-2H3,(H,21,24)/b9-6+/t12-/m1/s1. The van der Waals surface area contributed by atoms with E-state index in [0.29, 0.717) is 5.56 Å². The van der Waals surface area contributed by atoms with E-state index in [-0.39, 0.29) is 17.1 Å². The number of hydrogen-bond acceptors (Lipinski definition) is 6. The van der Waals surface area contributed by atoms with Gasteiger partial charge in [0.15, 0.2) is 6.10 Å². The lowest BCUT2D eigenvalue weighted by Crippen LogP contribution is -2.29. The van der Waals surface area contributed by atoms with E-state index in [1.807, 2.05) is 0 Å². The Kier molecular flexibility index (Phi) is 6.80. The summed E-state index contributed by atoms with van der Waals surface area (Å²) >= 11 is 0. The third kappa shape index (κ3) is 5.63. The molecule has 2 rings (SSSR count). The van der Waals surface area contributed by atoms with Gasteiger partial charge in [-0.15, -0.1) is 0 Å². The van der Waals surface area contributed by atoms with Crippen molar-refractivity contribution in [1.29, 1.82) is 0 Å². The topological polar surface area (TPSA) is 108 Å². The van der Waals surface area contributed by atoms with Gasteiger partial charge in [0.05, 0.1) is 23.8 Å². The van der Waals surface area contributed by atoms with Crippen molar-refractivity contribution in [3.63, 3.8) is 0 Å². The molecule has 1 amide bonds. The van der Waals surface area contributed by atoms with Gasteiger partial charge in [-0.1, -0.05) is 12.1 Å². The number of halogens is 1. The zero-order valence-corrected chi connectivity index (χ0v) is 15.0. The molecular weight excluding hydrogens is 371 g/mol. The van der Waals surface area contributed by atoms with Crippen molar-refractivity contribution >= 4 is 29.3 Å². The van der Waals surface area contributed by atoms with Crippen LogP contribution in [0.5, 0.6) is 5.75 Å². The highest BCUT2D eigenvalue weighted by atomic mass is 19.1. The van der Waals surface area contributed by atoms with Crippen molar-refractivity contribution < 1.29 is 28.4 Å². The minimum atomic E-state index is -1.15. The molecule has 0 aliphatic carbocycles. The van der Waals surface area contributed by atoms with Crippen molar-refractivity contribution in [3.05, 3.63) is 70.0 Å². The second-order valence-corrected chi connectivity index (χ2v) is 5.60. The zero-order chi connectivity index (χ0) is 20.7. The number of carbonyl (C=O) groups excluding carboxylic acids is 2. The van der Waals surface area contributed by atoms with Gasteiger partial charge in [-0.25, -0.2) is 9.18 Å². The van der Waals surface area contributed by atoms with Gasteiger partial charge in [-0.05, 0) is 36.8 Å². The molecule has 9 heteroatoms. The molecule has 0 fully saturated rings. The van der Waals surface area contributed by atoms with Crippen LogP contribution in [0, 0.1) is 15.9 Å². The van der Waals surface area contributed by atoms with Gasteiger partial charge < -0.3 is 14.8 Å². The minimum absolute atomic E-state index is 0.0899. The van der Waals surface area contributed by atoms with Crippen LogP contribution in [0.1, 0.15) is 12.5 Å². The molecule has 0 aliphatic rings. The van der Waals surface area contributed by atoms with E-state index in [2.05, 4.69) is 5.32 Å². The number of carbonyl (C=O) groups is 2. The average molecular weight is 388 g/mol. The van der Waals surface area contributed by atoms with E-state index in [1.165, 1.54) is 50.4 Å². The predicted molar refractivity (Wildman–Crippen MR) is 99.3 cm³/mol. The number of nitro benzene ring substituents is 1. The van der Waals surface area contributed by atoms with E-state index < -0.39 is 28.7 Å². The molecule has 0 saturated carbocycles. The van der Waals surface area contributed by atoms with Gasteiger partial charge in [0.25, 0.3) is 11.6 Å². The third-order valence-corrected chi connectivity index (χ3v) is 3.58. The molecule has 0 aliphatic heterocycles. The Morgan fingerprint density at radius 2 is 2.00 bits per heavy atom.